The molecule has 21 heavy (non-hydrogen) atoms. The minimum atomic E-state index is -0.598. The molecule has 1 heterocycles. The monoisotopic (exact) mass is 299 g/mol. The number of aliphatic imine (C=N–C) groups is 1. The highest BCUT2D eigenvalue weighted by Crippen LogP contribution is 2.29. The summed E-state index contributed by atoms with van der Waals surface area (Å²) in [6, 6.07) is 0. The Morgan fingerprint density at radius 1 is 1.48 bits per heavy atom. The van der Waals surface area contributed by atoms with Gasteiger partial charge in [-0.1, -0.05) is 12.8 Å². The van der Waals surface area contributed by atoms with E-state index in [4.69, 9.17) is 9.47 Å². The van der Waals surface area contributed by atoms with E-state index in [0.29, 0.717) is 19.8 Å². The topological polar surface area (TPSA) is 66.3 Å². The van der Waals surface area contributed by atoms with Gasteiger partial charge >= 0.3 is 0 Å². The smallest absolute Gasteiger partial charge is 0.194 e. The Bertz CT molecular complexity index is 341. The number of methoxy groups -OCH3 is 1. The number of morpholine rings is 1. The molecular formula is C15H29N3O3. The first-order valence-electron chi connectivity index (χ1n) is 8.03. The zero-order chi connectivity index (χ0) is 15.1. The SMILES string of the molecule is CCNC(=NCC1(O)CCCC1)N1CCOC(COC)C1. The molecule has 2 rings (SSSR count). The number of hydrogen-bond acceptors (Lipinski definition) is 4. The van der Waals surface area contributed by atoms with Crippen molar-refractivity contribution in [2.45, 2.75) is 44.3 Å². The zero-order valence-corrected chi connectivity index (χ0v) is 13.3. The van der Waals surface area contributed by atoms with Gasteiger partial charge in [0.1, 0.15) is 0 Å². The predicted octanol–water partition coefficient (Wildman–Crippen LogP) is 0.604. The lowest BCUT2D eigenvalue weighted by molar-refractivity contribution is -0.0448. The van der Waals surface area contributed by atoms with E-state index in [1.54, 1.807) is 7.11 Å². The van der Waals surface area contributed by atoms with E-state index in [1.807, 2.05) is 0 Å². The fourth-order valence-corrected chi connectivity index (χ4v) is 3.04. The highest BCUT2D eigenvalue weighted by molar-refractivity contribution is 5.80. The van der Waals surface area contributed by atoms with Crippen molar-refractivity contribution in [2.75, 3.05) is 46.5 Å². The Kier molecular flexibility index (Phi) is 6.26. The minimum absolute atomic E-state index is 0.0853. The van der Waals surface area contributed by atoms with E-state index in [2.05, 4.69) is 22.1 Å². The number of rotatable bonds is 5. The lowest BCUT2D eigenvalue weighted by atomic mass is 10.0. The zero-order valence-electron chi connectivity index (χ0n) is 13.3. The van der Waals surface area contributed by atoms with Crippen LogP contribution in [0.25, 0.3) is 0 Å². The number of nitrogens with zero attached hydrogens (tertiary/aromatic N) is 2. The summed E-state index contributed by atoms with van der Waals surface area (Å²) in [5, 5.41) is 13.8. The van der Waals surface area contributed by atoms with Crippen molar-refractivity contribution in [2.24, 2.45) is 4.99 Å². The minimum Gasteiger partial charge on any atom is -0.388 e. The lowest BCUT2D eigenvalue weighted by Crippen LogP contribution is -2.52. The van der Waals surface area contributed by atoms with Gasteiger partial charge in [-0.15, -0.1) is 0 Å². The van der Waals surface area contributed by atoms with Crippen LogP contribution in [0.2, 0.25) is 0 Å². The molecule has 1 unspecified atom stereocenters. The van der Waals surface area contributed by atoms with Crippen molar-refractivity contribution < 1.29 is 14.6 Å². The molecule has 0 spiro atoms. The van der Waals surface area contributed by atoms with Crippen LogP contribution in [-0.2, 0) is 9.47 Å². The second-order valence-corrected chi connectivity index (χ2v) is 6.00. The highest BCUT2D eigenvalue weighted by atomic mass is 16.5. The van der Waals surface area contributed by atoms with Gasteiger partial charge in [-0.2, -0.15) is 0 Å². The molecule has 0 aromatic rings. The Hall–Kier alpha value is -0.850. The van der Waals surface area contributed by atoms with E-state index in [0.717, 1.165) is 51.3 Å². The summed E-state index contributed by atoms with van der Waals surface area (Å²) in [5.74, 6) is 0.877. The molecule has 1 aliphatic carbocycles. The summed E-state index contributed by atoms with van der Waals surface area (Å²) in [6.45, 7) is 6.25. The Balaban J connectivity index is 1.96. The van der Waals surface area contributed by atoms with Gasteiger partial charge in [0.25, 0.3) is 0 Å². The normalized spacial score (nSPS) is 26.1. The van der Waals surface area contributed by atoms with Crippen LogP contribution in [0.4, 0.5) is 0 Å². The maximum atomic E-state index is 10.4. The van der Waals surface area contributed by atoms with Crippen molar-refractivity contribution in [3.63, 3.8) is 0 Å². The first kappa shape index (κ1) is 16.5. The fourth-order valence-electron chi connectivity index (χ4n) is 3.04. The molecule has 0 amide bonds. The van der Waals surface area contributed by atoms with Crippen LogP contribution in [0, 0.1) is 0 Å². The Morgan fingerprint density at radius 2 is 2.24 bits per heavy atom. The van der Waals surface area contributed by atoms with Crippen LogP contribution in [0.1, 0.15) is 32.6 Å². The van der Waals surface area contributed by atoms with Crippen molar-refractivity contribution in [1.29, 1.82) is 0 Å². The molecule has 2 aliphatic rings. The molecule has 1 atom stereocenters. The molecule has 0 bridgehead atoms. The van der Waals surface area contributed by atoms with E-state index >= 15 is 0 Å². The third-order valence-corrected chi connectivity index (χ3v) is 4.18. The van der Waals surface area contributed by atoms with E-state index < -0.39 is 5.60 Å². The molecule has 1 saturated carbocycles. The van der Waals surface area contributed by atoms with Crippen LogP contribution in [0.15, 0.2) is 4.99 Å². The summed E-state index contributed by atoms with van der Waals surface area (Å²) in [7, 11) is 1.69. The number of ether oxygens (including phenoxy) is 2. The second kappa shape index (κ2) is 7.96. The van der Waals surface area contributed by atoms with Gasteiger partial charge in [0.15, 0.2) is 5.96 Å². The molecule has 122 valence electrons. The standard InChI is InChI=1S/C15H29N3O3/c1-3-16-14(17-12-15(19)6-4-5-7-15)18-8-9-21-13(10-18)11-20-2/h13,19H,3-12H2,1-2H3,(H,16,17). The third kappa shape index (κ3) is 4.83. The number of hydrogen-bond donors (Lipinski definition) is 2. The van der Waals surface area contributed by atoms with Crippen LogP contribution >= 0.6 is 0 Å². The average molecular weight is 299 g/mol. The van der Waals surface area contributed by atoms with Gasteiger partial charge < -0.3 is 24.8 Å². The average Bonchev–Trinajstić information content (AvgIpc) is 2.91. The molecule has 1 saturated heterocycles. The molecule has 2 fully saturated rings. The number of aliphatic hydroxyl groups is 1. The molecule has 6 heteroatoms. The third-order valence-electron chi connectivity index (χ3n) is 4.18. The largest absolute Gasteiger partial charge is 0.388 e. The molecule has 6 nitrogen and oxygen atoms in total. The van der Waals surface area contributed by atoms with E-state index in [-0.39, 0.29) is 6.10 Å². The Labute approximate surface area is 127 Å². The van der Waals surface area contributed by atoms with Crippen molar-refractivity contribution in [1.82, 2.24) is 10.2 Å². The molecule has 0 radical (unpaired) electrons. The van der Waals surface area contributed by atoms with Crippen LogP contribution in [0.3, 0.4) is 0 Å². The quantitative estimate of drug-likeness (QED) is 0.575. The summed E-state index contributed by atoms with van der Waals surface area (Å²) in [4.78, 5) is 6.87. The number of guanidine groups is 1. The summed E-state index contributed by atoms with van der Waals surface area (Å²) in [6.07, 6.45) is 4.03. The molecule has 2 N–H and O–H groups in total. The van der Waals surface area contributed by atoms with Crippen LogP contribution in [0.5, 0.6) is 0 Å². The summed E-state index contributed by atoms with van der Waals surface area (Å²) in [5.41, 5.74) is -0.598. The second-order valence-electron chi connectivity index (χ2n) is 6.00. The van der Waals surface area contributed by atoms with Crippen LogP contribution in [-0.4, -0.2) is 74.2 Å². The maximum absolute atomic E-state index is 10.4. The molecule has 0 aromatic carbocycles. The number of nitrogens with one attached hydrogen (secondary N) is 1. The van der Waals surface area contributed by atoms with Gasteiger partial charge in [-0.3, -0.25) is 4.99 Å². The fraction of sp³-hybridized carbons (Fsp3) is 0.933. The van der Waals surface area contributed by atoms with Gasteiger partial charge in [0.2, 0.25) is 0 Å². The summed E-state index contributed by atoms with van der Waals surface area (Å²) >= 11 is 0. The molecule has 1 aliphatic heterocycles. The van der Waals surface area contributed by atoms with Gasteiger partial charge in [0, 0.05) is 26.7 Å². The van der Waals surface area contributed by atoms with Crippen molar-refractivity contribution in [3.8, 4) is 0 Å². The lowest BCUT2D eigenvalue weighted by Gasteiger charge is -2.35. The van der Waals surface area contributed by atoms with Gasteiger partial charge in [-0.05, 0) is 19.8 Å². The Morgan fingerprint density at radius 3 is 2.90 bits per heavy atom. The van der Waals surface area contributed by atoms with E-state index in [9.17, 15) is 5.11 Å². The van der Waals surface area contributed by atoms with Gasteiger partial charge in [-0.25, -0.2) is 0 Å². The predicted molar refractivity (Wildman–Crippen MR) is 82.6 cm³/mol. The summed E-state index contributed by atoms with van der Waals surface area (Å²) < 4.78 is 10.9. The molecule has 0 aromatic heterocycles. The first-order valence-corrected chi connectivity index (χ1v) is 8.03. The van der Waals surface area contributed by atoms with Crippen molar-refractivity contribution in [3.05, 3.63) is 0 Å². The first-order chi connectivity index (χ1) is 10.2. The van der Waals surface area contributed by atoms with E-state index in [1.165, 1.54) is 0 Å². The highest BCUT2D eigenvalue weighted by Gasteiger charge is 2.31. The van der Waals surface area contributed by atoms with Crippen LogP contribution < -0.4 is 5.32 Å². The van der Waals surface area contributed by atoms with Crippen molar-refractivity contribution >= 4 is 5.96 Å². The molecular weight excluding hydrogens is 270 g/mol. The maximum Gasteiger partial charge on any atom is 0.194 e. The van der Waals surface area contributed by atoms with Gasteiger partial charge in [0.05, 0.1) is 31.5 Å².